The first kappa shape index (κ1) is 23.7. The van der Waals surface area contributed by atoms with Crippen molar-refractivity contribution in [2.24, 2.45) is 0 Å². The Morgan fingerprint density at radius 2 is 1.62 bits per heavy atom. The van der Waals surface area contributed by atoms with E-state index in [0.717, 1.165) is 11.6 Å². The highest BCUT2D eigenvalue weighted by Gasteiger charge is 2.33. The van der Waals surface area contributed by atoms with Gasteiger partial charge in [0.1, 0.15) is 5.82 Å². The van der Waals surface area contributed by atoms with Gasteiger partial charge in [0.2, 0.25) is 11.8 Å². The molecular weight excluding hydrogens is 426 g/mol. The number of halogens is 4. The van der Waals surface area contributed by atoms with Gasteiger partial charge in [0.05, 0.1) is 17.8 Å². The minimum atomic E-state index is -4.55. The van der Waals surface area contributed by atoms with E-state index in [-0.39, 0.29) is 29.9 Å². The third-order valence-corrected chi connectivity index (χ3v) is 5.52. The van der Waals surface area contributed by atoms with Crippen molar-refractivity contribution < 1.29 is 27.2 Å². The van der Waals surface area contributed by atoms with Crippen LogP contribution in [0, 0.1) is 5.82 Å². The molecule has 3 rings (SSSR count). The van der Waals surface area contributed by atoms with Gasteiger partial charge >= 0.3 is 6.18 Å². The van der Waals surface area contributed by atoms with Crippen molar-refractivity contribution in [3.63, 3.8) is 0 Å². The minimum absolute atomic E-state index is 0.0231. The lowest BCUT2D eigenvalue weighted by molar-refractivity contribution is -0.137. The smallest absolute Gasteiger partial charge is 0.340 e. The average Bonchev–Trinajstić information content (AvgIpc) is 2.74. The summed E-state index contributed by atoms with van der Waals surface area (Å²) >= 11 is 0. The van der Waals surface area contributed by atoms with Crippen molar-refractivity contribution in [3.8, 4) is 0 Å². The largest absolute Gasteiger partial charge is 0.418 e. The number of nitrogens with zero attached hydrogens (tertiary/aromatic N) is 2. The molecule has 1 N–H and O–H groups in total. The highest BCUT2D eigenvalue weighted by Crippen LogP contribution is 2.34. The molecule has 0 radical (unpaired) electrons. The van der Waals surface area contributed by atoms with Gasteiger partial charge in [0, 0.05) is 32.6 Å². The number of rotatable bonds is 6. The molecule has 2 aromatic rings. The number of hydrogen-bond donors (Lipinski definition) is 1. The number of amides is 2. The molecule has 0 spiro atoms. The monoisotopic (exact) mass is 451 g/mol. The number of carbonyl (C=O) groups excluding carboxylic acids is 2. The van der Waals surface area contributed by atoms with Crippen molar-refractivity contribution in [1.29, 1.82) is 0 Å². The summed E-state index contributed by atoms with van der Waals surface area (Å²) < 4.78 is 52.3. The SMILES string of the molecule is CC(CC(=O)N1CCN(CC(=O)Nc2ccccc2C(F)(F)F)CC1)c1ccc(F)cc1. The predicted octanol–water partition coefficient (Wildman–Crippen LogP) is 4.12. The summed E-state index contributed by atoms with van der Waals surface area (Å²) in [6.07, 6.45) is -4.26. The topological polar surface area (TPSA) is 52.7 Å². The normalized spacial score (nSPS) is 16.0. The third kappa shape index (κ3) is 6.29. The molecular formula is C23H25F4N3O2. The zero-order chi connectivity index (χ0) is 23.3. The third-order valence-electron chi connectivity index (χ3n) is 5.52. The zero-order valence-electron chi connectivity index (χ0n) is 17.7. The molecule has 1 atom stereocenters. The summed E-state index contributed by atoms with van der Waals surface area (Å²) in [6.45, 7) is 3.61. The number of alkyl halides is 3. The molecule has 0 bridgehead atoms. The Morgan fingerprint density at radius 3 is 2.25 bits per heavy atom. The molecule has 1 aliphatic rings. The molecule has 1 unspecified atom stereocenters. The van der Waals surface area contributed by atoms with E-state index >= 15 is 0 Å². The average molecular weight is 451 g/mol. The van der Waals surface area contributed by atoms with Crippen molar-refractivity contribution in [1.82, 2.24) is 9.80 Å². The summed E-state index contributed by atoms with van der Waals surface area (Å²) in [5.41, 5.74) is -0.276. The van der Waals surface area contributed by atoms with Gasteiger partial charge in [0.25, 0.3) is 0 Å². The van der Waals surface area contributed by atoms with Gasteiger partial charge < -0.3 is 10.2 Å². The van der Waals surface area contributed by atoms with Crippen molar-refractivity contribution in [2.75, 3.05) is 38.0 Å². The highest BCUT2D eigenvalue weighted by molar-refractivity contribution is 5.93. The molecule has 0 aliphatic carbocycles. The van der Waals surface area contributed by atoms with E-state index in [1.165, 1.54) is 30.3 Å². The van der Waals surface area contributed by atoms with Crippen LogP contribution in [0.3, 0.4) is 0 Å². The van der Waals surface area contributed by atoms with E-state index in [4.69, 9.17) is 0 Å². The number of benzene rings is 2. The first-order chi connectivity index (χ1) is 15.1. The Bertz CT molecular complexity index is 939. The van der Waals surface area contributed by atoms with Gasteiger partial charge in [-0.3, -0.25) is 14.5 Å². The fourth-order valence-electron chi connectivity index (χ4n) is 3.69. The van der Waals surface area contributed by atoms with Gasteiger partial charge in [-0.2, -0.15) is 13.2 Å². The Labute approximate surface area is 184 Å². The van der Waals surface area contributed by atoms with Gasteiger partial charge in [-0.25, -0.2) is 4.39 Å². The highest BCUT2D eigenvalue weighted by atomic mass is 19.4. The molecule has 1 saturated heterocycles. The minimum Gasteiger partial charge on any atom is -0.340 e. The standard InChI is InChI=1S/C23H25F4N3O2/c1-16(17-6-8-18(24)9-7-17)14-22(32)30-12-10-29(11-13-30)15-21(31)28-20-5-3-2-4-19(20)23(25,26)27/h2-9,16H,10-15H2,1H3,(H,28,31). The van der Waals surface area contributed by atoms with E-state index in [0.29, 0.717) is 32.6 Å². The van der Waals surface area contributed by atoms with Crippen molar-refractivity contribution in [2.45, 2.75) is 25.4 Å². The summed E-state index contributed by atoms with van der Waals surface area (Å²) in [4.78, 5) is 28.4. The molecule has 1 aliphatic heterocycles. The van der Waals surface area contributed by atoms with Crippen LogP contribution in [-0.4, -0.2) is 54.3 Å². The molecule has 1 fully saturated rings. The van der Waals surface area contributed by atoms with Crippen LogP contribution < -0.4 is 5.32 Å². The summed E-state index contributed by atoms with van der Waals surface area (Å²) in [5, 5.41) is 2.34. The van der Waals surface area contributed by atoms with E-state index in [2.05, 4.69) is 5.32 Å². The fraction of sp³-hybridized carbons (Fsp3) is 0.391. The molecule has 2 aromatic carbocycles. The van der Waals surface area contributed by atoms with Crippen molar-refractivity contribution >= 4 is 17.5 Å². The van der Waals surface area contributed by atoms with E-state index in [1.54, 1.807) is 21.9 Å². The van der Waals surface area contributed by atoms with Gasteiger partial charge in [0.15, 0.2) is 0 Å². The summed E-state index contributed by atoms with van der Waals surface area (Å²) in [6, 6.07) is 10.9. The Kier molecular flexibility index (Phi) is 7.50. The molecule has 172 valence electrons. The first-order valence-electron chi connectivity index (χ1n) is 10.3. The lowest BCUT2D eigenvalue weighted by Gasteiger charge is -2.35. The quantitative estimate of drug-likeness (QED) is 0.673. The van der Waals surface area contributed by atoms with Crippen LogP contribution in [0.2, 0.25) is 0 Å². The van der Waals surface area contributed by atoms with Crippen LogP contribution in [0.4, 0.5) is 23.2 Å². The maximum absolute atomic E-state index is 13.1. The number of piperazine rings is 1. The van der Waals surface area contributed by atoms with Crippen LogP contribution in [0.25, 0.3) is 0 Å². The lowest BCUT2D eigenvalue weighted by Crippen LogP contribution is -2.50. The lowest BCUT2D eigenvalue weighted by atomic mass is 9.97. The van der Waals surface area contributed by atoms with Crippen LogP contribution in [-0.2, 0) is 15.8 Å². The van der Waals surface area contributed by atoms with Gasteiger partial charge in [-0.05, 0) is 35.7 Å². The van der Waals surface area contributed by atoms with Crippen LogP contribution in [0.1, 0.15) is 30.4 Å². The summed E-state index contributed by atoms with van der Waals surface area (Å²) in [5.74, 6) is -0.939. The number of anilines is 1. The Morgan fingerprint density at radius 1 is 1.00 bits per heavy atom. The number of carbonyl (C=O) groups is 2. The number of nitrogens with one attached hydrogen (secondary N) is 1. The van der Waals surface area contributed by atoms with E-state index in [9.17, 15) is 27.2 Å². The Balaban J connectivity index is 1.47. The van der Waals surface area contributed by atoms with Crippen LogP contribution in [0.5, 0.6) is 0 Å². The van der Waals surface area contributed by atoms with Gasteiger partial charge in [-0.1, -0.05) is 31.2 Å². The fourth-order valence-corrected chi connectivity index (χ4v) is 3.69. The zero-order valence-corrected chi connectivity index (χ0v) is 17.7. The molecule has 32 heavy (non-hydrogen) atoms. The number of hydrogen-bond acceptors (Lipinski definition) is 3. The molecule has 9 heteroatoms. The maximum Gasteiger partial charge on any atom is 0.418 e. The van der Waals surface area contributed by atoms with Gasteiger partial charge in [-0.15, -0.1) is 0 Å². The van der Waals surface area contributed by atoms with E-state index in [1.807, 2.05) is 6.92 Å². The first-order valence-corrected chi connectivity index (χ1v) is 10.3. The molecule has 0 aromatic heterocycles. The van der Waals surface area contributed by atoms with E-state index < -0.39 is 17.6 Å². The molecule has 2 amide bonds. The second-order valence-corrected chi connectivity index (χ2v) is 7.91. The number of para-hydroxylation sites is 1. The molecule has 0 saturated carbocycles. The molecule has 1 heterocycles. The predicted molar refractivity (Wildman–Crippen MR) is 113 cm³/mol. The second-order valence-electron chi connectivity index (χ2n) is 7.91. The maximum atomic E-state index is 13.1. The Hall–Kier alpha value is -2.94. The van der Waals surface area contributed by atoms with Crippen LogP contribution in [0.15, 0.2) is 48.5 Å². The molecule has 5 nitrogen and oxygen atoms in total. The summed E-state index contributed by atoms with van der Waals surface area (Å²) in [7, 11) is 0. The van der Waals surface area contributed by atoms with Crippen molar-refractivity contribution in [3.05, 3.63) is 65.5 Å². The van der Waals surface area contributed by atoms with Crippen LogP contribution >= 0.6 is 0 Å². The second kappa shape index (κ2) is 10.1.